The Balaban J connectivity index is 1.51. The first-order valence-corrected chi connectivity index (χ1v) is 9.23. The van der Waals surface area contributed by atoms with Gasteiger partial charge in [0.15, 0.2) is 0 Å². The van der Waals surface area contributed by atoms with Gasteiger partial charge in [0.2, 0.25) is 0 Å². The van der Waals surface area contributed by atoms with Crippen molar-refractivity contribution in [3.05, 3.63) is 58.9 Å². The van der Waals surface area contributed by atoms with E-state index in [2.05, 4.69) is 22.1 Å². The number of hydrogen-bond donors (Lipinski definition) is 1. The highest BCUT2D eigenvalue weighted by atomic mass is 35.5. The van der Waals surface area contributed by atoms with E-state index in [1.165, 1.54) is 12.8 Å². The van der Waals surface area contributed by atoms with Crippen molar-refractivity contribution < 1.29 is 4.79 Å². The van der Waals surface area contributed by atoms with Gasteiger partial charge in [-0.3, -0.25) is 4.79 Å². The third kappa shape index (κ3) is 4.95. The Kier molecular flexibility index (Phi) is 5.92. The second-order valence-electron chi connectivity index (χ2n) is 6.73. The van der Waals surface area contributed by atoms with Gasteiger partial charge >= 0.3 is 0 Å². The lowest BCUT2D eigenvalue weighted by Gasteiger charge is -2.32. The van der Waals surface area contributed by atoms with Crippen LogP contribution in [-0.2, 0) is 6.42 Å². The van der Waals surface area contributed by atoms with Crippen molar-refractivity contribution in [2.45, 2.75) is 26.2 Å². The largest absolute Gasteiger partial charge is 0.370 e. The van der Waals surface area contributed by atoms with Gasteiger partial charge in [-0.1, -0.05) is 30.7 Å². The molecule has 0 radical (unpaired) electrons. The van der Waals surface area contributed by atoms with E-state index in [4.69, 9.17) is 11.6 Å². The SMILES string of the molecule is CC1CCCN(c2ccc(C(=O)NCCc3ccc(Cl)cc3)nc2)C1. The number of pyridine rings is 1. The molecule has 1 aromatic heterocycles. The minimum Gasteiger partial charge on any atom is -0.370 e. The van der Waals surface area contributed by atoms with Crippen LogP contribution < -0.4 is 10.2 Å². The molecule has 3 rings (SSSR count). The molecular formula is C20H24ClN3O. The molecule has 0 bridgehead atoms. The van der Waals surface area contributed by atoms with Crippen LogP contribution in [0.4, 0.5) is 5.69 Å². The monoisotopic (exact) mass is 357 g/mol. The van der Waals surface area contributed by atoms with Gasteiger partial charge in [0.05, 0.1) is 11.9 Å². The van der Waals surface area contributed by atoms with Gasteiger partial charge < -0.3 is 10.2 Å². The predicted molar refractivity (Wildman–Crippen MR) is 102 cm³/mol. The molecule has 5 heteroatoms. The number of nitrogens with zero attached hydrogens (tertiary/aromatic N) is 2. The third-order valence-corrected chi connectivity index (χ3v) is 4.87. The molecule has 1 saturated heterocycles. The first kappa shape index (κ1) is 17.7. The molecule has 1 aliphatic rings. The minimum atomic E-state index is -0.132. The van der Waals surface area contributed by atoms with E-state index in [1.807, 2.05) is 42.6 Å². The summed E-state index contributed by atoms with van der Waals surface area (Å²) in [6.45, 7) is 4.99. The number of carbonyl (C=O) groups excluding carboxylic acids is 1. The minimum absolute atomic E-state index is 0.132. The lowest BCUT2D eigenvalue weighted by molar-refractivity contribution is 0.0949. The molecule has 4 nitrogen and oxygen atoms in total. The predicted octanol–water partition coefficient (Wildman–Crippen LogP) is 3.94. The summed E-state index contributed by atoms with van der Waals surface area (Å²) >= 11 is 5.87. The summed E-state index contributed by atoms with van der Waals surface area (Å²) in [5.41, 5.74) is 2.71. The van der Waals surface area contributed by atoms with E-state index in [-0.39, 0.29) is 5.91 Å². The van der Waals surface area contributed by atoms with Crippen LogP contribution >= 0.6 is 11.6 Å². The van der Waals surface area contributed by atoms with Crippen molar-refractivity contribution in [3.8, 4) is 0 Å². The van der Waals surface area contributed by atoms with Gasteiger partial charge in [-0.15, -0.1) is 0 Å². The van der Waals surface area contributed by atoms with Gasteiger partial charge in [-0.25, -0.2) is 4.98 Å². The van der Waals surface area contributed by atoms with Crippen molar-refractivity contribution in [2.75, 3.05) is 24.5 Å². The molecule has 0 spiro atoms. The molecule has 1 fully saturated rings. The standard InChI is InChI=1S/C20H24ClN3O/c1-15-3-2-12-24(14-15)18-8-9-19(23-13-18)20(25)22-11-10-16-4-6-17(21)7-5-16/h4-9,13,15H,2-3,10-12,14H2,1H3,(H,22,25). The number of amides is 1. The molecule has 2 heterocycles. The number of anilines is 1. The summed E-state index contributed by atoms with van der Waals surface area (Å²) in [5, 5.41) is 3.64. The van der Waals surface area contributed by atoms with Crippen molar-refractivity contribution in [1.29, 1.82) is 0 Å². The van der Waals surface area contributed by atoms with Gasteiger partial charge in [-0.05, 0) is 55.0 Å². The lowest BCUT2D eigenvalue weighted by atomic mass is 10.00. The summed E-state index contributed by atoms with van der Waals surface area (Å²) in [7, 11) is 0. The molecule has 0 aliphatic carbocycles. The zero-order chi connectivity index (χ0) is 17.6. The van der Waals surface area contributed by atoms with Gasteiger partial charge in [0, 0.05) is 24.7 Å². The maximum absolute atomic E-state index is 12.2. The Labute approximate surface area is 154 Å². The quantitative estimate of drug-likeness (QED) is 0.881. The van der Waals surface area contributed by atoms with E-state index >= 15 is 0 Å². The molecule has 2 aromatic rings. The molecule has 1 N–H and O–H groups in total. The summed E-state index contributed by atoms with van der Waals surface area (Å²) < 4.78 is 0. The normalized spacial score (nSPS) is 17.4. The zero-order valence-corrected chi connectivity index (χ0v) is 15.3. The molecule has 1 amide bonds. The van der Waals surface area contributed by atoms with Crippen LogP contribution in [0.15, 0.2) is 42.6 Å². The molecule has 1 atom stereocenters. The Morgan fingerprint density at radius 1 is 1.28 bits per heavy atom. The summed E-state index contributed by atoms with van der Waals surface area (Å²) in [6.07, 6.45) is 5.09. The molecule has 1 unspecified atom stereocenters. The molecule has 1 aliphatic heterocycles. The van der Waals surface area contributed by atoms with Crippen LogP contribution in [0.3, 0.4) is 0 Å². The van der Waals surface area contributed by atoms with E-state index in [0.717, 1.165) is 35.8 Å². The van der Waals surface area contributed by atoms with Crippen molar-refractivity contribution in [2.24, 2.45) is 5.92 Å². The Morgan fingerprint density at radius 2 is 2.08 bits per heavy atom. The van der Waals surface area contributed by atoms with Crippen LogP contribution in [0.5, 0.6) is 0 Å². The summed E-state index contributed by atoms with van der Waals surface area (Å²) in [6, 6.07) is 11.5. The van der Waals surface area contributed by atoms with Crippen molar-refractivity contribution >= 4 is 23.2 Å². The maximum atomic E-state index is 12.2. The second kappa shape index (κ2) is 8.34. The smallest absolute Gasteiger partial charge is 0.269 e. The number of aromatic nitrogens is 1. The Hall–Kier alpha value is -2.07. The second-order valence-corrected chi connectivity index (χ2v) is 7.16. The van der Waals surface area contributed by atoms with Crippen LogP contribution in [0.25, 0.3) is 0 Å². The maximum Gasteiger partial charge on any atom is 0.269 e. The van der Waals surface area contributed by atoms with Crippen molar-refractivity contribution in [3.63, 3.8) is 0 Å². The molecule has 132 valence electrons. The molecule has 1 aromatic carbocycles. The average molecular weight is 358 g/mol. The summed E-state index contributed by atoms with van der Waals surface area (Å²) in [4.78, 5) is 18.9. The zero-order valence-electron chi connectivity index (χ0n) is 14.5. The number of rotatable bonds is 5. The Bertz CT molecular complexity index is 700. The molecule has 25 heavy (non-hydrogen) atoms. The number of piperidine rings is 1. The average Bonchev–Trinajstić information content (AvgIpc) is 2.63. The van der Waals surface area contributed by atoms with Gasteiger partial charge in [-0.2, -0.15) is 0 Å². The number of carbonyl (C=O) groups is 1. The van der Waals surface area contributed by atoms with E-state index in [9.17, 15) is 4.79 Å². The topological polar surface area (TPSA) is 45.2 Å². The fourth-order valence-electron chi connectivity index (χ4n) is 3.19. The van der Waals surface area contributed by atoms with Gasteiger partial charge in [0.25, 0.3) is 5.91 Å². The fourth-order valence-corrected chi connectivity index (χ4v) is 3.32. The number of hydrogen-bond acceptors (Lipinski definition) is 3. The first-order chi connectivity index (χ1) is 12.1. The van der Waals surface area contributed by atoms with Crippen LogP contribution in [0, 0.1) is 5.92 Å². The highest BCUT2D eigenvalue weighted by Crippen LogP contribution is 2.22. The van der Waals surface area contributed by atoms with E-state index in [1.54, 1.807) is 0 Å². The molecular weight excluding hydrogens is 334 g/mol. The number of nitrogens with one attached hydrogen (secondary N) is 1. The van der Waals surface area contributed by atoms with Gasteiger partial charge in [0.1, 0.15) is 5.69 Å². The third-order valence-electron chi connectivity index (χ3n) is 4.62. The molecule has 0 saturated carbocycles. The first-order valence-electron chi connectivity index (χ1n) is 8.85. The highest BCUT2D eigenvalue weighted by Gasteiger charge is 2.17. The van der Waals surface area contributed by atoms with Crippen LogP contribution in [-0.4, -0.2) is 30.5 Å². The van der Waals surface area contributed by atoms with Crippen molar-refractivity contribution in [1.82, 2.24) is 10.3 Å². The number of halogens is 1. The van der Waals surface area contributed by atoms with Crippen LogP contribution in [0.1, 0.15) is 35.8 Å². The summed E-state index contributed by atoms with van der Waals surface area (Å²) in [5.74, 6) is 0.581. The number of benzene rings is 1. The van der Waals surface area contributed by atoms with E-state index in [0.29, 0.717) is 18.2 Å². The highest BCUT2D eigenvalue weighted by molar-refractivity contribution is 6.30. The van der Waals surface area contributed by atoms with Crippen LogP contribution in [0.2, 0.25) is 5.02 Å². The lowest BCUT2D eigenvalue weighted by Crippen LogP contribution is -2.34. The fraction of sp³-hybridized carbons (Fsp3) is 0.400. The van der Waals surface area contributed by atoms with E-state index < -0.39 is 0 Å². The Morgan fingerprint density at radius 3 is 2.76 bits per heavy atom.